The maximum Gasteiger partial charge on any atom is 0.229 e. The Morgan fingerprint density at radius 2 is 2.36 bits per heavy atom. The van der Waals surface area contributed by atoms with Crippen LogP contribution in [-0.4, -0.2) is 24.5 Å². The van der Waals surface area contributed by atoms with Gasteiger partial charge in [-0.15, -0.1) is 0 Å². The highest BCUT2D eigenvalue weighted by atomic mass is 32.2. The predicted octanol–water partition coefficient (Wildman–Crippen LogP) is 1.27. The van der Waals surface area contributed by atoms with Crippen LogP contribution >= 0.6 is 11.8 Å². The SMILES string of the molecule is CNC(=O)CSCC1CCC1. The molecule has 0 heterocycles. The Morgan fingerprint density at radius 1 is 1.64 bits per heavy atom. The summed E-state index contributed by atoms with van der Waals surface area (Å²) in [7, 11) is 1.69. The standard InChI is InChI=1S/C8H15NOS/c1-9-8(10)6-11-5-7-3-2-4-7/h7H,2-6H2,1H3,(H,9,10). The van der Waals surface area contributed by atoms with E-state index in [1.54, 1.807) is 18.8 Å². The van der Waals surface area contributed by atoms with Gasteiger partial charge in [0.2, 0.25) is 5.91 Å². The number of nitrogens with one attached hydrogen (secondary N) is 1. The van der Waals surface area contributed by atoms with Crippen molar-refractivity contribution in [1.82, 2.24) is 5.32 Å². The maximum atomic E-state index is 10.8. The molecule has 1 saturated carbocycles. The van der Waals surface area contributed by atoms with Crippen molar-refractivity contribution in [3.8, 4) is 0 Å². The highest BCUT2D eigenvalue weighted by Gasteiger charge is 2.17. The molecule has 0 aromatic heterocycles. The molecular formula is C8H15NOS. The molecule has 1 amide bonds. The third-order valence-corrected chi connectivity index (χ3v) is 3.26. The number of amides is 1. The highest BCUT2D eigenvalue weighted by molar-refractivity contribution is 7.99. The van der Waals surface area contributed by atoms with Gasteiger partial charge in [0.25, 0.3) is 0 Å². The fraction of sp³-hybridized carbons (Fsp3) is 0.875. The first-order chi connectivity index (χ1) is 5.33. The molecule has 3 heteroatoms. The van der Waals surface area contributed by atoms with E-state index in [1.807, 2.05) is 0 Å². The summed E-state index contributed by atoms with van der Waals surface area (Å²) in [4.78, 5) is 10.8. The first-order valence-corrected chi connectivity index (χ1v) is 5.26. The summed E-state index contributed by atoms with van der Waals surface area (Å²) in [6.45, 7) is 0. The summed E-state index contributed by atoms with van der Waals surface area (Å²) < 4.78 is 0. The second kappa shape index (κ2) is 4.65. The molecule has 0 spiro atoms. The van der Waals surface area contributed by atoms with Crippen LogP contribution in [0.5, 0.6) is 0 Å². The normalized spacial score (nSPS) is 17.5. The summed E-state index contributed by atoms with van der Waals surface area (Å²) in [5.74, 6) is 2.86. The quantitative estimate of drug-likeness (QED) is 0.693. The van der Waals surface area contributed by atoms with Crippen LogP contribution in [0.4, 0.5) is 0 Å². The minimum atomic E-state index is 0.148. The van der Waals surface area contributed by atoms with Gasteiger partial charge in [-0.1, -0.05) is 6.42 Å². The van der Waals surface area contributed by atoms with E-state index in [9.17, 15) is 4.79 Å². The van der Waals surface area contributed by atoms with E-state index in [2.05, 4.69) is 5.32 Å². The Balaban J connectivity index is 1.90. The van der Waals surface area contributed by atoms with Gasteiger partial charge in [0.05, 0.1) is 5.75 Å². The Bertz CT molecular complexity index is 134. The Kier molecular flexibility index (Phi) is 3.77. The van der Waals surface area contributed by atoms with E-state index in [-0.39, 0.29) is 5.91 Å². The monoisotopic (exact) mass is 173 g/mol. The smallest absolute Gasteiger partial charge is 0.229 e. The molecule has 0 atom stereocenters. The van der Waals surface area contributed by atoms with Gasteiger partial charge < -0.3 is 5.32 Å². The lowest BCUT2D eigenvalue weighted by molar-refractivity contribution is -0.118. The van der Waals surface area contributed by atoms with E-state index in [1.165, 1.54) is 25.0 Å². The van der Waals surface area contributed by atoms with Crippen molar-refractivity contribution >= 4 is 17.7 Å². The minimum absolute atomic E-state index is 0.148. The van der Waals surface area contributed by atoms with Crippen LogP contribution in [0, 0.1) is 5.92 Å². The topological polar surface area (TPSA) is 29.1 Å². The zero-order valence-electron chi connectivity index (χ0n) is 6.93. The Hall–Kier alpha value is -0.180. The van der Waals surface area contributed by atoms with Crippen molar-refractivity contribution in [1.29, 1.82) is 0 Å². The summed E-state index contributed by atoms with van der Waals surface area (Å²) >= 11 is 1.76. The summed E-state index contributed by atoms with van der Waals surface area (Å²) in [5.41, 5.74) is 0. The van der Waals surface area contributed by atoms with Crippen LogP contribution in [0.25, 0.3) is 0 Å². The van der Waals surface area contributed by atoms with E-state index < -0.39 is 0 Å². The number of rotatable bonds is 4. The van der Waals surface area contributed by atoms with E-state index in [0.717, 1.165) is 5.92 Å². The molecule has 0 aliphatic heterocycles. The first-order valence-electron chi connectivity index (χ1n) is 4.11. The summed E-state index contributed by atoms with van der Waals surface area (Å²) in [6, 6.07) is 0. The van der Waals surface area contributed by atoms with Crippen molar-refractivity contribution in [2.24, 2.45) is 5.92 Å². The molecule has 1 rings (SSSR count). The average molecular weight is 173 g/mol. The molecule has 0 radical (unpaired) electrons. The van der Waals surface area contributed by atoms with Gasteiger partial charge in [-0.2, -0.15) is 11.8 Å². The number of hydrogen-bond acceptors (Lipinski definition) is 2. The predicted molar refractivity (Wildman–Crippen MR) is 48.7 cm³/mol. The van der Waals surface area contributed by atoms with Gasteiger partial charge in [0.15, 0.2) is 0 Å². The third kappa shape index (κ3) is 3.14. The van der Waals surface area contributed by atoms with Crippen molar-refractivity contribution < 1.29 is 4.79 Å². The molecule has 0 aromatic carbocycles. The second-order valence-electron chi connectivity index (χ2n) is 2.99. The van der Waals surface area contributed by atoms with Crippen molar-refractivity contribution in [3.63, 3.8) is 0 Å². The molecule has 11 heavy (non-hydrogen) atoms. The number of carbonyl (C=O) groups excluding carboxylic acids is 1. The largest absolute Gasteiger partial charge is 0.358 e. The average Bonchev–Trinajstić information content (AvgIpc) is 1.94. The van der Waals surface area contributed by atoms with E-state index in [4.69, 9.17) is 0 Å². The first kappa shape index (κ1) is 8.91. The van der Waals surface area contributed by atoms with Gasteiger partial charge in [0, 0.05) is 7.05 Å². The van der Waals surface area contributed by atoms with Crippen LogP contribution in [0.15, 0.2) is 0 Å². The van der Waals surface area contributed by atoms with E-state index in [0.29, 0.717) is 5.75 Å². The van der Waals surface area contributed by atoms with Crippen LogP contribution in [0.1, 0.15) is 19.3 Å². The molecule has 0 bridgehead atoms. The lowest BCUT2D eigenvalue weighted by atomic mass is 9.87. The fourth-order valence-electron chi connectivity index (χ4n) is 1.05. The zero-order valence-corrected chi connectivity index (χ0v) is 7.75. The van der Waals surface area contributed by atoms with E-state index >= 15 is 0 Å². The minimum Gasteiger partial charge on any atom is -0.358 e. The highest BCUT2D eigenvalue weighted by Crippen LogP contribution is 2.29. The zero-order chi connectivity index (χ0) is 8.10. The number of hydrogen-bond donors (Lipinski definition) is 1. The fourth-order valence-corrected chi connectivity index (χ4v) is 2.16. The molecule has 0 unspecified atom stereocenters. The maximum absolute atomic E-state index is 10.8. The summed E-state index contributed by atoms with van der Waals surface area (Å²) in [5, 5.41) is 2.61. The Morgan fingerprint density at radius 3 is 2.82 bits per heavy atom. The lowest BCUT2D eigenvalue weighted by Crippen LogP contribution is -2.21. The van der Waals surface area contributed by atoms with Gasteiger partial charge in [-0.3, -0.25) is 4.79 Å². The van der Waals surface area contributed by atoms with Gasteiger partial charge in [-0.25, -0.2) is 0 Å². The molecule has 1 aliphatic rings. The molecule has 2 nitrogen and oxygen atoms in total. The van der Waals surface area contributed by atoms with Crippen molar-refractivity contribution in [3.05, 3.63) is 0 Å². The molecule has 1 N–H and O–H groups in total. The van der Waals surface area contributed by atoms with Crippen LogP contribution in [-0.2, 0) is 4.79 Å². The second-order valence-corrected chi connectivity index (χ2v) is 4.02. The number of thioether (sulfide) groups is 1. The molecule has 0 saturated heterocycles. The van der Waals surface area contributed by atoms with Crippen LogP contribution < -0.4 is 5.32 Å². The van der Waals surface area contributed by atoms with Crippen LogP contribution in [0.2, 0.25) is 0 Å². The Labute approximate surface area is 72.1 Å². The molecule has 1 fully saturated rings. The number of carbonyl (C=O) groups is 1. The van der Waals surface area contributed by atoms with Gasteiger partial charge in [0.1, 0.15) is 0 Å². The third-order valence-electron chi connectivity index (χ3n) is 2.09. The van der Waals surface area contributed by atoms with Crippen molar-refractivity contribution in [2.45, 2.75) is 19.3 Å². The van der Waals surface area contributed by atoms with Crippen LogP contribution in [0.3, 0.4) is 0 Å². The molecular weight excluding hydrogens is 158 g/mol. The lowest BCUT2D eigenvalue weighted by Gasteiger charge is -2.24. The molecule has 1 aliphatic carbocycles. The molecule has 0 aromatic rings. The van der Waals surface area contributed by atoms with Gasteiger partial charge >= 0.3 is 0 Å². The molecule has 64 valence electrons. The van der Waals surface area contributed by atoms with Crippen molar-refractivity contribution in [2.75, 3.05) is 18.6 Å². The van der Waals surface area contributed by atoms with Gasteiger partial charge in [-0.05, 0) is 24.5 Å². The summed E-state index contributed by atoms with van der Waals surface area (Å²) in [6.07, 6.45) is 4.15.